The summed E-state index contributed by atoms with van der Waals surface area (Å²) in [6.07, 6.45) is 5.80. The molecule has 0 bridgehead atoms. The van der Waals surface area contributed by atoms with Crippen molar-refractivity contribution in [3.63, 3.8) is 0 Å². The van der Waals surface area contributed by atoms with Gasteiger partial charge >= 0.3 is 0 Å². The van der Waals surface area contributed by atoms with Crippen LogP contribution in [0.5, 0.6) is 0 Å². The summed E-state index contributed by atoms with van der Waals surface area (Å²) in [6.45, 7) is 6.17. The first-order valence-electron chi connectivity index (χ1n) is 13.0. The molecule has 0 fully saturated rings. The molecule has 0 radical (unpaired) electrons. The molecule has 2 aromatic carbocycles. The molecule has 38 heavy (non-hydrogen) atoms. The van der Waals surface area contributed by atoms with Crippen LogP contribution < -0.4 is 15.9 Å². The molecule has 5 rings (SSSR count). The normalized spacial score (nSPS) is 13.1. The van der Waals surface area contributed by atoms with Crippen LogP contribution in [0.2, 0.25) is 0 Å². The number of carbonyl (C=O) groups is 1. The number of aryl methyl sites for hydroxylation is 2. The summed E-state index contributed by atoms with van der Waals surface area (Å²) in [5, 5.41) is 5.37. The zero-order valence-electron chi connectivity index (χ0n) is 21.6. The second-order valence-corrected chi connectivity index (χ2v) is 11.1. The highest BCUT2D eigenvalue weighted by atomic mass is 32.2. The van der Waals surface area contributed by atoms with Gasteiger partial charge in [-0.2, -0.15) is 5.10 Å². The van der Waals surface area contributed by atoms with Crippen molar-refractivity contribution in [1.29, 1.82) is 0 Å². The highest BCUT2D eigenvalue weighted by molar-refractivity contribution is 7.99. The standard InChI is InChI=1S/C29H31N5O2S2/c1-3-33(4-2)21-16-14-20(15-17-21)18-30-32-25(35)19-37-29-31-27-26(23-12-8-9-13-24(23)38-27)28(36)34(29)22-10-6-5-7-11-22/h5-7,10-11,14-18H,3-4,8-9,12-13,19H2,1-2H3,(H,32,35)/b30-18+. The molecule has 7 nitrogen and oxygen atoms in total. The molecule has 9 heteroatoms. The molecule has 0 atom stereocenters. The molecule has 1 amide bonds. The summed E-state index contributed by atoms with van der Waals surface area (Å²) in [4.78, 5) is 35.6. The molecule has 1 aliphatic carbocycles. The maximum Gasteiger partial charge on any atom is 0.267 e. The minimum Gasteiger partial charge on any atom is -0.372 e. The van der Waals surface area contributed by atoms with E-state index in [0.717, 1.165) is 71.5 Å². The Kier molecular flexibility index (Phi) is 8.24. The Hall–Kier alpha value is -3.43. The van der Waals surface area contributed by atoms with E-state index in [4.69, 9.17) is 4.98 Å². The maximum atomic E-state index is 13.8. The average molecular weight is 546 g/mol. The van der Waals surface area contributed by atoms with Crippen LogP contribution in [0.15, 0.2) is 69.6 Å². The van der Waals surface area contributed by atoms with Gasteiger partial charge in [0.15, 0.2) is 5.16 Å². The van der Waals surface area contributed by atoms with Gasteiger partial charge in [-0.15, -0.1) is 11.3 Å². The highest BCUT2D eigenvalue weighted by Crippen LogP contribution is 2.35. The smallest absolute Gasteiger partial charge is 0.267 e. The van der Waals surface area contributed by atoms with Crippen LogP contribution in [0, 0.1) is 0 Å². The van der Waals surface area contributed by atoms with Crippen molar-refractivity contribution in [3.05, 3.63) is 81.0 Å². The fourth-order valence-electron chi connectivity index (χ4n) is 4.79. The lowest BCUT2D eigenvalue weighted by atomic mass is 9.97. The van der Waals surface area contributed by atoms with Gasteiger partial charge in [0.05, 0.1) is 23.0 Å². The molecule has 1 N–H and O–H groups in total. The molecular formula is C29H31N5O2S2. The van der Waals surface area contributed by atoms with Crippen LogP contribution in [0.4, 0.5) is 5.69 Å². The minimum atomic E-state index is -0.259. The zero-order valence-corrected chi connectivity index (χ0v) is 23.3. The number of fused-ring (bicyclic) bond motifs is 3. The summed E-state index contributed by atoms with van der Waals surface area (Å²) in [5.74, 6) is -0.167. The number of thioether (sulfide) groups is 1. The number of aromatic nitrogens is 2. The van der Waals surface area contributed by atoms with Crippen LogP contribution in [0.25, 0.3) is 15.9 Å². The number of amides is 1. The van der Waals surface area contributed by atoms with Crippen molar-refractivity contribution in [1.82, 2.24) is 15.0 Å². The SMILES string of the molecule is CCN(CC)c1ccc(/C=N/NC(=O)CSc2nc3sc4c(c3c(=O)n2-c2ccccc2)CCCC4)cc1. The van der Waals surface area contributed by atoms with Gasteiger partial charge in [0.2, 0.25) is 0 Å². The fraction of sp³-hybridized carbons (Fsp3) is 0.310. The van der Waals surface area contributed by atoms with Crippen molar-refractivity contribution < 1.29 is 4.79 Å². The van der Waals surface area contributed by atoms with Gasteiger partial charge in [0.1, 0.15) is 4.83 Å². The Morgan fingerprint density at radius 1 is 1.11 bits per heavy atom. The van der Waals surface area contributed by atoms with E-state index in [9.17, 15) is 9.59 Å². The van der Waals surface area contributed by atoms with Gasteiger partial charge in [-0.05, 0) is 74.9 Å². The van der Waals surface area contributed by atoms with Crippen molar-refractivity contribution in [2.45, 2.75) is 44.7 Å². The number of benzene rings is 2. The van der Waals surface area contributed by atoms with Crippen LogP contribution in [0.1, 0.15) is 42.7 Å². The number of hydrazone groups is 1. The number of nitrogens with one attached hydrogen (secondary N) is 1. The summed E-state index contributed by atoms with van der Waals surface area (Å²) in [7, 11) is 0. The largest absolute Gasteiger partial charge is 0.372 e. The molecular weight excluding hydrogens is 514 g/mol. The van der Waals surface area contributed by atoms with Crippen LogP contribution in [0.3, 0.4) is 0 Å². The number of hydrogen-bond donors (Lipinski definition) is 1. The van der Waals surface area contributed by atoms with Crippen LogP contribution >= 0.6 is 23.1 Å². The highest BCUT2D eigenvalue weighted by Gasteiger charge is 2.23. The molecule has 4 aromatic rings. The van der Waals surface area contributed by atoms with Gasteiger partial charge in [-0.3, -0.25) is 14.2 Å². The first-order chi connectivity index (χ1) is 18.6. The van der Waals surface area contributed by atoms with Gasteiger partial charge in [-0.1, -0.05) is 42.1 Å². The predicted molar refractivity (Wildman–Crippen MR) is 158 cm³/mol. The molecule has 2 heterocycles. The number of para-hydroxylation sites is 1. The second kappa shape index (κ2) is 12.0. The van der Waals surface area contributed by atoms with Gasteiger partial charge in [0, 0.05) is 23.7 Å². The van der Waals surface area contributed by atoms with E-state index >= 15 is 0 Å². The van der Waals surface area contributed by atoms with Crippen molar-refractivity contribution in [2.24, 2.45) is 5.10 Å². The van der Waals surface area contributed by atoms with Crippen molar-refractivity contribution >= 4 is 51.1 Å². The first kappa shape index (κ1) is 26.2. The predicted octanol–water partition coefficient (Wildman–Crippen LogP) is 5.41. The Balaban J connectivity index is 1.32. The van der Waals surface area contributed by atoms with Gasteiger partial charge < -0.3 is 4.90 Å². The van der Waals surface area contributed by atoms with Crippen LogP contribution in [-0.4, -0.2) is 40.5 Å². The van der Waals surface area contributed by atoms with E-state index in [1.165, 1.54) is 16.6 Å². The molecule has 1 aliphatic rings. The summed E-state index contributed by atoms with van der Waals surface area (Å²) in [6, 6.07) is 17.6. The minimum absolute atomic E-state index is 0.0605. The third kappa shape index (κ3) is 5.54. The topological polar surface area (TPSA) is 79.6 Å². The second-order valence-electron chi connectivity index (χ2n) is 9.11. The van der Waals surface area contributed by atoms with E-state index in [1.54, 1.807) is 22.1 Å². The molecule has 0 aliphatic heterocycles. The number of carbonyl (C=O) groups excluding carboxylic acids is 1. The van der Waals surface area contributed by atoms with Crippen molar-refractivity contribution in [3.8, 4) is 5.69 Å². The van der Waals surface area contributed by atoms with E-state index < -0.39 is 0 Å². The van der Waals surface area contributed by atoms with E-state index in [1.807, 2.05) is 42.5 Å². The number of hydrogen-bond acceptors (Lipinski definition) is 7. The molecule has 0 spiro atoms. The number of rotatable bonds is 9. The lowest BCUT2D eigenvalue weighted by Crippen LogP contribution is -2.24. The Morgan fingerprint density at radius 3 is 2.58 bits per heavy atom. The Morgan fingerprint density at radius 2 is 1.84 bits per heavy atom. The van der Waals surface area contributed by atoms with E-state index in [0.29, 0.717) is 5.16 Å². The molecule has 0 saturated carbocycles. The summed E-state index contributed by atoms with van der Waals surface area (Å²) in [5.41, 5.74) is 6.51. The Bertz CT molecular complexity index is 1510. The quantitative estimate of drug-likeness (QED) is 0.132. The van der Waals surface area contributed by atoms with E-state index in [-0.39, 0.29) is 17.2 Å². The third-order valence-corrected chi connectivity index (χ3v) is 8.85. The van der Waals surface area contributed by atoms with Gasteiger partial charge in [0.25, 0.3) is 11.5 Å². The Labute approximate surface area is 230 Å². The van der Waals surface area contributed by atoms with Crippen molar-refractivity contribution in [2.75, 3.05) is 23.7 Å². The monoisotopic (exact) mass is 545 g/mol. The molecule has 0 unspecified atom stereocenters. The molecule has 2 aromatic heterocycles. The third-order valence-electron chi connectivity index (χ3n) is 6.73. The summed E-state index contributed by atoms with van der Waals surface area (Å²) >= 11 is 2.87. The lowest BCUT2D eigenvalue weighted by molar-refractivity contribution is -0.118. The van der Waals surface area contributed by atoms with Crippen LogP contribution in [-0.2, 0) is 17.6 Å². The van der Waals surface area contributed by atoms with E-state index in [2.05, 4.69) is 41.4 Å². The first-order valence-corrected chi connectivity index (χ1v) is 14.8. The molecule has 196 valence electrons. The number of thiophene rings is 1. The lowest BCUT2D eigenvalue weighted by Gasteiger charge is -2.20. The number of anilines is 1. The molecule has 0 saturated heterocycles. The van der Waals surface area contributed by atoms with Gasteiger partial charge in [-0.25, -0.2) is 10.4 Å². The fourth-order valence-corrected chi connectivity index (χ4v) is 6.90. The summed E-state index contributed by atoms with van der Waals surface area (Å²) < 4.78 is 1.64. The number of nitrogens with zero attached hydrogens (tertiary/aromatic N) is 4. The maximum absolute atomic E-state index is 13.8. The zero-order chi connectivity index (χ0) is 26.5. The average Bonchev–Trinajstić information content (AvgIpc) is 3.32.